The maximum absolute atomic E-state index is 12.4. The van der Waals surface area contributed by atoms with E-state index in [1.54, 1.807) is 7.11 Å². The van der Waals surface area contributed by atoms with Gasteiger partial charge in [0.15, 0.2) is 6.61 Å². The molecule has 2 N–H and O–H groups in total. The molecule has 9 heteroatoms. The molecule has 32 heavy (non-hydrogen) atoms. The van der Waals surface area contributed by atoms with E-state index in [2.05, 4.69) is 16.0 Å². The first-order valence-electron chi connectivity index (χ1n) is 9.97. The highest BCUT2D eigenvalue weighted by Gasteiger charge is 2.33. The van der Waals surface area contributed by atoms with Crippen LogP contribution in [0.25, 0.3) is 0 Å². The van der Waals surface area contributed by atoms with E-state index in [0.717, 1.165) is 24.2 Å². The molecule has 1 aliphatic carbocycles. The Kier molecular flexibility index (Phi) is 7.51. The quantitative estimate of drug-likeness (QED) is 0.418. The third kappa shape index (κ3) is 6.09. The summed E-state index contributed by atoms with van der Waals surface area (Å²) in [6.07, 6.45) is 7.08. The van der Waals surface area contributed by atoms with Crippen molar-refractivity contribution in [1.82, 2.24) is 10.0 Å². The predicted octanol–water partition coefficient (Wildman–Crippen LogP) is 2.03. The number of carbonyl (C=O) groups is 2. The Morgan fingerprint density at radius 3 is 2.53 bits per heavy atom. The molecule has 1 saturated carbocycles. The Labute approximate surface area is 187 Å². The number of sulfonamides is 1. The van der Waals surface area contributed by atoms with Crippen molar-refractivity contribution in [3.05, 3.63) is 59.7 Å². The molecule has 3 rings (SSSR count). The standard InChI is InChI=1S/C23H24N2O6S/c1-3-13-24-32(28,29)20-6-4-5-18(14-20)23(27)31-15-21(26)25-22(16-7-8-16)17-9-11-19(30-2)12-10-17/h1,4-6,9-12,14,16,22,24H,7-8,13,15H2,2H3,(H,25,26). The molecule has 0 heterocycles. The molecule has 1 fully saturated rings. The van der Waals surface area contributed by atoms with Crippen LogP contribution in [0.3, 0.4) is 0 Å². The van der Waals surface area contributed by atoms with E-state index in [0.29, 0.717) is 5.92 Å². The van der Waals surface area contributed by atoms with Gasteiger partial charge in [0.25, 0.3) is 5.91 Å². The van der Waals surface area contributed by atoms with Crippen LogP contribution in [0.4, 0.5) is 0 Å². The number of carbonyl (C=O) groups excluding carboxylic acids is 2. The van der Waals surface area contributed by atoms with Gasteiger partial charge in [0, 0.05) is 0 Å². The average molecular weight is 457 g/mol. The lowest BCUT2D eigenvalue weighted by Crippen LogP contribution is -2.33. The van der Waals surface area contributed by atoms with Gasteiger partial charge in [0.1, 0.15) is 5.75 Å². The smallest absolute Gasteiger partial charge is 0.338 e. The van der Waals surface area contributed by atoms with Crippen molar-refractivity contribution in [2.24, 2.45) is 5.92 Å². The average Bonchev–Trinajstić information content (AvgIpc) is 3.65. The van der Waals surface area contributed by atoms with Crippen LogP contribution in [0.1, 0.15) is 34.8 Å². The normalized spacial score (nSPS) is 14.1. The minimum atomic E-state index is -3.85. The zero-order valence-electron chi connectivity index (χ0n) is 17.5. The highest BCUT2D eigenvalue weighted by atomic mass is 32.2. The van der Waals surface area contributed by atoms with E-state index in [4.69, 9.17) is 15.9 Å². The molecule has 0 radical (unpaired) electrons. The van der Waals surface area contributed by atoms with Gasteiger partial charge in [0.05, 0.1) is 30.2 Å². The summed E-state index contributed by atoms with van der Waals surface area (Å²) in [4.78, 5) is 24.7. The minimum Gasteiger partial charge on any atom is -0.497 e. The molecule has 0 spiro atoms. The topological polar surface area (TPSA) is 111 Å². The van der Waals surface area contributed by atoms with Crippen LogP contribution in [-0.4, -0.2) is 40.6 Å². The second-order valence-corrected chi connectivity index (χ2v) is 9.06. The van der Waals surface area contributed by atoms with E-state index in [9.17, 15) is 18.0 Å². The first-order chi connectivity index (χ1) is 15.3. The molecule has 0 bridgehead atoms. The monoisotopic (exact) mass is 456 g/mol. The van der Waals surface area contributed by atoms with Gasteiger partial charge in [-0.1, -0.05) is 24.1 Å². The summed E-state index contributed by atoms with van der Waals surface area (Å²) in [6.45, 7) is -0.655. The van der Waals surface area contributed by atoms with Crippen LogP contribution < -0.4 is 14.8 Å². The van der Waals surface area contributed by atoms with Gasteiger partial charge in [-0.05, 0) is 54.7 Å². The molecule has 1 amide bonds. The Morgan fingerprint density at radius 2 is 1.91 bits per heavy atom. The van der Waals surface area contributed by atoms with Gasteiger partial charge in [-0.2, -0.15) is 4.72 Å². The molecule has 0 saturated heterocycles. The molecule has 0 aliphatic heterocycles. The number of hydrogen-bond acceptors (Lipinski definition) is 6. The number of rotatable bonds is 10. The summed E-state index contributed by atoms with van der Waals surface area (Å²) in [5, 5.41) is 2.92. The third-order valence-electron chi connectivity index (χ3n) is 4.96. The van der Waals surface area contributed by atoms with Crippen LogP contribution in [0.2, 0.25) is 0 Å². The summed E-state index contributed by atoms with van der Waals surface area (Å²) < 4.78 is 36.8. The lowest BCUT2D eigenvalue weighted by atomic mass is 10.0. The van der Waals surface area contributed by atoms with E-state index in [-0.39, 0.29) is 23.0 Å². The number of benzene rings is 2. The number of hydrogen-bond donors (Lipinski definition) is 2. The van der Waals surface area contributed by atoms with Crippen LogP contribution >= 0.6 is 0 Å². The molecular weight excluding hydrogens is 432 g/mol. The number of methoxy groups -OCH3 is 1. The van der Waals surface area contributed by atoms with Gasteiger partial charge >= 0.3 is 5.97 Å². The van der Waals surface area contributed by atoms with Gasteiger partial charge in [-0.15, -0.1) is 6.42 Å². The first-order valence-corrected chi connectivity index (χ1v) is 11.5. The summed E-state index contributed by atoms with van der Waals surface area (Å²) in [7, 11) is -2.27. The fourth-order valence-corrected chi connectivity index (χ4v) is 4.13. The number of ether oxygens (including phenoxy) is 2. The van der Waals surface area contributed by atoms with Crippen molar-refractivity contribution in [2.45, 2.75) is 23.8 Å². The maximum atomic E-state index is 12.4. The molecular formula is C23H24N2O6S. The largest absolute Gasteiger partial charge is 0.497 e. The van der Waals surface area contributed by atoms with E-state index in [1.807, 2.05) is 24.3 Å². The van der Waals surface area contributed by atoms with Crippen LogP contribution in [0.5, 0.6) is 5.75 Å². The van der Waals surface area contributed by atoms with Crippen molar-refractivity contribution < 1.29 is 27.5 Å². The van der Waals surface area contributed by atoms with Crippen LogP contribution in [0, 0.1) is 18.3 Å². The molecule has 8 nitrogen and oxygen atoms in total. The summed E-state index contributed by atoms with van der Waals surface area (Å²) >= 11 is 0. The lowest BCUT2D eigenvalue weighted by Gasteiger charge is -2.19. The Hall–Kier alpha value is -3.35. The SMILES string of the molecule is C#CCNS(=O)(=O)c1cccc(C(=O)OCC(=O)NC(c2ccc(OC)cc2)C2CC2)c1. The molecule has 1 unspecified atom stereocenters. The van der Waals surface area contributed by atoms with E-state index in [1.165, 1.54) is 24.3 Å². The van der Waals surface area contributed by atoms with Gasteiger partial charge in [-0.3, -0.25) is 4.79 Å². The van der Waals surface area contributed by atoms with E-state index < -0.39 is 28.5 Å². The molecule has 1 aliphatic rings. The predicted molar refractivity (Wildman–Crippen MR) is 117 cm³/mol. The Balaban J connectivity index is 1.60. The van der Waals surface area contributed by atoms with Crippen molar-refractivity contribution in [2.75, 3.05) is 20.3 Å². The fraction of sp³-hybridized carbons (Fsp3) is 0.304. The number of nitrogens with one attached hydrogen (secondary N) is 2. The molecule has 168 valence electrons. The molecule has 1 atom stereocenters. The summed E-state index contributed by atoms with van der Waals surface area (Å²) in [5.74, 6) is 1.99. The van der Waals surface area contributed by atoms with Crippen molar-refractivity contribution >= 4 is 21.9 Å². The third-order valence-corrected chi connectivity index (χ3v) is 6.36. The molecule has 2 aromatic carbocycles. The number of amides is 1. The molecule has 0 aromatic heterocycles. The molecule has 2 aromatic rings. The fourth-order valence-electron chi connectivity index (χ4n) is 3.15. The number of terminal acetylenes is 1. The zero-order valence-corrected chi connectivity index (χ0v) is 18.4. The Bertz CT molecular complexity index is 1120. The van der Waals surface area contributed by atoms with Crippen LogP contribution in [-0.2, 0) is 19.6 Å². The highest BCUT2D eigenvalue weighted by molar-refractivity contribution is 7.89. The summed E-state index contributed by atoms with van der Waals surface area (Å²) in [5.41, 5.74) is 0.959. The minimum absolute atomic E-state index is 0.00952. The second-order valence-electron chi connectivity index (χ2n) is 7.29. The van der Waals surface area contributed by atoms with Crippen molar-refractivity contribution in [1.29, 1.82) is 0 Å². The van der Waals surface area contributed by atoms with Gasteiger partial charge < -0.3 is 14.8 Å². The van der Waals surface area contributed by atoms with Crippen molar-refractivity contribution in [3.8, 4) is 18.1 Å². The lowest BCUT2D eigenvalue weighted by molar-refractivity contribution is -0.125. The zero-order chi connectivity index (χ0) is 23.1. The summed E-state index contributed by atoms with van der Waals surface area (Å²) in [6, 6.07) is 12.6. The van der Waals surface area contributed by atoms with E-state index >= 15 is 0 Å². The number of esters is 1. The van der Waals surface area contributed by atoms with Crippen LogP contribution in [0.15, 0.2) is 53.4 Å². The van der Waals surface area contributed by atoms with Crippen molar-refractivity contribution in [3.63, 3.8) is 0 Å². The van der Waals surface area contributed by atoms with Gasteiger partial charge in [0.2, 0.25) is 10.0 Å². The second kappa shape index (κ2) is 10.3. The van der Waals surface area contributed by atoms with Gasteiger partial charge in [-0.25, -0.2) is 13.2 Å². The maximum Gasteiger partial charge on any atom is 0.338 e. The first kappa shape index (κ1) is 23.3. The Morgan fingerprint density at radius 1 is 1.19 bits per heavy atom. The highest BCUT2D eigenvalue weighted by Crippen LogP contribution is 2.41.